The quantitative estimate of drug-likeness (QED) is 0.240. The number of aromatic nitrogens is 2. The topological polar surface area (TPSA) is 93.9 Å². The average molecular weight is 554 g/mol. The molecule has 0 unspecified atom stereocenters. The van der Waals surface area contributed by atoms with Crippen molar-refractivity contribution in [1.82, 2.24) is 9.78 Å². The molecular formula is C33H35N3O5. The second kappa shape index (κ2) is 12.3. The maximum absolute atomic E-state index is 13.3. The van der Waals surface area contributed by atoms with Crippen LogP contribution in [0.1, 0.15) is 51.9 Å². The van der Waals surface area contributed by atoms with Gasteiger partial charge in [0.15, 0.2) is 0 Å². The van der Waals surface area contributed by atoms with Crippen LogP contribution < -0.4 is 14.4 Å². The largest absolute Gasteiger partial charge is 0.496 e. The van der Waals surface area contributed by atoms with E-state index in [1.165, 1.54) is 11.6 Å². The minimum atomic E-state index is -0.987. The van der Waals surface area contributed by atoms with Crippen LogP contribution in [0.15, 0.2) is 67.0 Å². The fourth-order valence-electron chi connectivity index (χ4n) is 5.37. The highest BCUT2D eigenvalue weighted by molar-refractivity contribution is 5.96. The number of carbonyl (C=O) groups excluding carboxylic acids is 1. The van der Waals surface area contributed by atoms with E-state index in [4.69, 9.17) is 9.47 Å². The van der Waals surface area contributed by atoms with E-state index in [0.717, 1.165) is 52.1 Å². The van der Waals surface area contributed by atoms with Crippen LogP contribution in [0.3, 0.4) is 0 Å². The van der Waals surface area contributed by atoms with E-state index in [-0.39, 0.29) is 11.5 Å². The molecule has 1 N–H and O–H groups in total. The number of benzene rings is 3. The molecule has 0 aliphatic carbocycles. The normalized spacial score (nSPS) is 12.6. The van der Waals surface area contributed by atoms with Gasteiger partial charge in [0.1, 0.15) is 11.5 Å². The molecule has 0 atom stereocenters. The molecule has 0 spiro atoms. The second-order valence-corrected chi connectivity index (χ2v) is 10.4. The molecule has 212 valence electrons. The van der Waals surface area contributed by atoms with Gasteiger partial charge in [-0.15, -0.1) is 0 Å². The highest BCUT2D eigenvalue weighted by Crippen LogP contribution is 2.36. The number of hydrogen-bond acceptors (Lipinski definition) is 5. The van der Waals surface area contributed by atoms with Gasteiger partial charge in [-0.05, 0) is 85.7 Å². The summed E-state index contributed by atoms with van der Waals surface area (Å²) < 4.78 is 13.2. The Balaban J connectivity index is 1.28. The first-order chi connectivity index (χ1) is 19.9. The lowest BCUT2D eigenvalue weighted by Crippen LogP contribution is -2.35. The van der Waals surface area contributed by atoms with Gasteiger partial charge in [0.2, 0.25) is 5.91 Å². The number of anilines is 1. The van der Waals surface area contributed by atoms with Crippen LogP contribution in [0.25, 0.3) is 11.1 Å². The highest BCUT2D eigenvalue weighted by Gasteiger charge is 2.25. The van der Waals surface area contributed by atoms with E-state index in [9.17, 15) is 14.7 Å². The van der Waals surface area contributed by atoms with Crippen LogP contribution in [0.4, 0.5) is 5.69 Å². The number of hydrogen-bond donors (Lipinski definition) is 1. The van der Waals surface area contributed by atoms with Crippen molar-refractivity contribution in [3.8, 4) is 22.6 Å². The number of aryl methyl sites for hydroxylation is 1. The molecule has 8 nitrogen and oxygen atoms in total. The smallest absolute Gasteiger partial charge is 0.335 e. The van der Waals surface area contributed by atoms with Crippen molar-refractivity contribution in [3.05, 3.63) is 94.8 Å². The van der Waals surface area contributed by atoms with Crippen molar-refractivity contribution >= 4 is 17.6 Å². The maximum atomic E-state index is 13.3. The number of amides is 1. The third kappa shape index (κ3) is 6.11. The molecule has 1 aliphatic rings. The lowest BCUT2D eigenvalue weighted by molar-refractivity contribution is -0.118. The zero-order valence-electron chi connectivity index (χ0n) is 23.7. The van der Waals surface area contributed by atoms with Crippen molar-refractivity contribution in [2.24, 2.45) is 0 Å². The van der Waals surface area contributed by atoms with Crippen molar-refractivity contribution in [2.75, 3.05) is 25.2 Å². The Hall–Kier alpha value is -4.59. The molecule has 1 amide bonds. The summed E-state index contributed by atoms with van der Waals surface area (Å²) in [6, 6.07) is 16.9. The van der Waals surface area contributed by atoms with E-state index in [0.29, 0.717) is 38.3 Å². The van der Waals surface area contributed by atoms with Crippen molar-refractivity contribution in [2.45, 2.75) is 46.1 Å². The lowest BCUT2D eigenvalue weighted by Gasteiger charge is -2.31. The number of rotatable bonds is 10. The summed E-state index contributed by atoms with van der Waals surface area (Å²) in [5.41, 5.74) is 7.36. The minimum absolute atomic E-state index is 0.105. The van der Waals surface area contributed by atoms with Crippen LogP contribution in [0.5, 0.6) is 11.5 Å². The molecular weight excluding hydrogens is 518 g/mol. The number of nitrogens with zero attached hydrogens (tertiary/aromatic N) is 3. The molecule has 0 saturated heterocycles. The van der Waals surface area contributed by atoms with Gasteiger partial charge in [0.25, 0.3) is 0 Å². The molecule has 1 aliphatic heterocycles. The molecule has 0 fully saturated rings. The molecule has 8 heteroatoms. The number of carboxylic acids is 1. The molecule has 2 heterocycles. The molecule has 3 aromatic carbocycles. The Kier molecular flexibility index (Phi) is 8.38. The summed E-state index contributed by atoms with van der Waals surface area (Å²) >= 11 is 0. The third-order valence-electron chi connectivity index (χ3n) is 7.70. The van der Waals surface area contributed by atoms with Gasteiger partial charge in [0.05, 0.1) is 32.0 Å². The number of methoxy groups -OCH3 is 1. The predicted molar refractivity (Wildman–Crippen MR) is 158 cm³/mol. The highest BCUT2D eigenvalue weighted by atomic mass is 16.5. The molecule has 5 rings (SSSR count). The molecule has 0 saturated carbocycles. The van der Waals surface area contributed by atoms with Crippen LogP contribution >= 0.6 is 0 Å². The van der Waals surface area contributed by atoms with Crippen molar-refractivity contribution in [1.29, 1.82) is 0 Å². The number of fused-ring (bicyclic) bond motifs is 1. The van der Waals surface area contributed by atoms with E-state index in [1.54, 1.807) is 23.9 Å². The Morgan fingerprint density at radius 2 is 1.88 bits per heavy atom. The van der Waals surface area contributed by atoms with Crippen molar-refractivity contribution < 1.29 is 24.2 Å². The summed E-state index contributed by atoms with van der Waals surface area (Å²) in [6.07, 6.45) is 6.61. The summed E-state index contributed by atoms with van der Waals surface area (Å²) in [5.74, 6) is 0.601. The zero-order chi connectivity index (χ0) is 28.9. The zero-order valence-corrected chi connectivity index (χ0v) is 23.7. The molecule has 1 aromatic heterocycles. The minimum Gasteiger partial charge on any atom is -0.496 e. The van der Waals surface area contributed by atoms with E-state index < -0.39 is 5.97 Å². The first-order valence-electron chi connectivity index (χ1n) is 13.9. The van der Waals surface area contributed by atoms with Gasteiger partial charge in [-0.2, -0.15) is 5.10 Å². The Labute approximate surface area is 240 Å². The van der Waals surface area contributed by atoms with Gasteiger partial charge >= 0.3 is 5.97 Å². The van der Waals surface area contributed by atoms with Gasteiger partial charge in [-0.25, -0.2) is 4.79 Å². The van der Waals surface area contributed by atoms with E-state index in [2.05, 4.69) is 31.1 Å². The maximum Gasteiger partial charge on any atom is 0.335 e. The monoisotopic (exact) mass is 553 g/mol. The average Bonchev–Trinajstić information content (AvgIpc) is 3.44. The molecule has 0 radical (unpaired) electrons. The first kappa shape index (κ1) is 28.0. The SMILES string of the molecule is COc1ccc(C(=O)O)cc1Cn1cc(-c2cccc3c2CCCN3C(=O)CCCOc2cccc(C)c2C)cn1. The second-order valence-electron chi connectivity index (χ2n) is 10.4. The van der Waals surface area contributed by atoms with Crippen LogP contribution in [0, 0.1) is 13.8 Å². The number of aromatic carboxylic acids is 1. The first-order valence-corrected chi connectivity index (χ1v) is 13.9. The Morgan fingerprint density at radius 3 is 2.68 bits per heavy atom. The van der Waals surface area contributed by atoms with E-state index in [1.807, 2.05) is 41.6 Å². The van der Waals surface area contributed by atoms with Gasteiger partial charge in [0, 0.05) is 36.0 Å². The van der Waals surface area contributed by atoms with Gasteiger partial charge < -0.3 is 19.5 Å². The molecule has 0 bridgehead atoms. The van der Waals surface area contributed by atoms with E-state index >= 15 is 0 Å². The number of carbonyl (C=O) groups is 2. The Bertz CT molecular complexity index is 1580. The summed E-state index contributed by atoms with van der Waals surface area (Å²) in [4.78, 5) is 26.7. The number of ether oxygens (including phenoxy) is 2. The van der Waals surface area contributed by atoms with Crippen molar-refractivity contribution in [3.63, 3.8) is 0 Å². The summed E-state index contributed by atoms with van der Waals surface area (Å²) in [7, 11) is 1.56. The summed E-state index contributed by atoms with van der Waals surface area (Å²) in [5, 5.41) is 13.9. The predicted octanol–water partition coefficient (Wildman–Crippen LogP) is 6.06. The standard InChI is InChI=1S/C33H35N3O5/c1-22-8-4-12-30(23(22)2)41-17-7-13-32(37)36-16-6-10-28-27(9-5-11-29(28)36)26-19-34-35(21-26)20-25-18-24(33(38)39)14-15-31(25)40-3/h4-5,8-9,11-12,14-15,18-19,21H,6-7,10,13,16-17,20H2,1-3H3,(H,38,39). The molecule has 4 aromatic rings. The van der Waals surface area contributed by atoms with Gasteiger partial charge in [-0.3, -0.25) is 9.48 Å². The third-order valence-corrected chi connectivity index (χ3v) is 7.70. The van der Waals surface area contributed by atoms with Crippen LogP contribution in [0.2, 0.25) is 0 Å². The van der Waals surface area contributed by atoms with Gasteiger partial charge in [-0.1, -0.05) is 24.3 Å². The number of carboxylic acid groups (broad SMARTS) is 1. The lowest BCUT2D eigenvalue weighted by atomic mass is 9.93. The van der Waals surface area contributed by atoms with Crippen LogP contribution in [-0.2, 0) is 17.8 Å². The fourth-order valence-corrected chi connectivity index (χ4v) is 5.37. The molecule has 41 heavy (non-hydrogen) atoms. The Morgan fingerprint density at radius 1 is 1.05 bits per heavy atom. The van der Waals surface area contributed by atoms with Crippen LogP contribution in [-0.4, -0.2) is 47.0 Å². The summed E-state index contributed by atoms with van der Waals surface area (Å²) in [6.45, 7) is 5.68. The fraction of sp³-hybridized carbons (Fsp3) is 0.303.